The second-order valence-corrected chi connectivity index (χ2v) is 5.27. The van der Waals surface area contributed by atoms with E-state index in [2.05, 4.69) is 0 Å². The number of hydrogen-bond donors (Lipinski definition) is 1. The van der Waals surface area contributed by atoms with Crippen LogP contribution in [0, 0.1) is 17.0 Å². The van der Waals surface area contributed by atoms with Crippen molar-refractivity contribution in [2.75, 3.05) is 12.3 Å². The molecule has 0 atom stereocenters. The summed E-state index contributed by atoms with van der Waals surface area (Å²) in [6.45, 7) is 6.03. The van der Waals surface area contributed by atoms with Crippen molar-refractivity contribution in [2.24, 2.45) is 5.41 Å². The molecule has 0 saturated carbocycles. The number of carbonyl (C=O) groups is 1. The molecule has 3 nitrogen and oxygen atoms in total. The molecule has 1 rings (SSSR count). The normalized spacial score (nSPS) is 11.4. The average molecular weight is 257 g/mol. The molecule has 0 amide bonds. The molecule has 0 aliphatic rings. The van der Waals surface area contributed by atoms with Crippen molar-refractivity contribution in [2.45, 2.75) is 27.2 Å². The third-order valence-corrected chi connectivity index (χ3v) is 2.41. The minimum absolute atomic E-state index is 0.0207. The maximum atomic E-state index is 13.5. The Kier molecular flexibility index (Phi) is 4.27. The second-order valence-electron chi connectivity index (χ2n) is 5.27. The molecule has 0 radical (unpaired) electrons. The number of benzene rings is 1. The summed E-state index contributed by atoms with van der Waals surface area (Å²) in [5.41, 5.74) is 4.24. The second kappa shape index (κ2) is 5.33. The maximum absolute atomic E-state index is 13.5. The van der Waals surface area contributed by atoms with Crippen LogP contribution in [0.1, 0.15) is 37.6 Å². The first kappa shape index (κ1) is 14.4. The van der Waals surface area contributed by atoms with Crippen LogP contribution in [0.5, 0.6) is 0 Å². The van der Waals surface area contributed by atoms with Crippen LogP contribution in [0.2, 0.25) is 0 Å². The summed E-state index contributed by atoms with van der Waals surface area (Å²) >= 11 is 0. The van der Waals surface area contributed by atoms with Crippen molar-refractivity contribution in [3.8, 4) is 0 Å². The lowest BCUT2D eigenvalue weighted by molar-refractivity contribution is 0.0454. The third kappa shape index (κ3) is 3.68. The fourth-order valence-corrected chi connectivity index (χ4v) is 1.28. The van der Waals surface area contributed by atoms with Crippen molar-refractivity contribution in [3.05, 3.63) is 29.3 Å². The summed E-state index contributed by atoms with van der Waals surface area (Å²) in [4.78, 5) is 11.6. The first-order valence-corrected chi connectivity index (χ1v) is 5.63. The highest BCUT2D eigenvalue weighted by Gasteiger charge is 2.21. The van der Waals surface area contributed by atoms with E-state index in [-0.39, 0.29) is 17.7 Å². The van der Waals surface area contributed by atoms with Gasteiger partial charge in [0, 0.05) is 0 Å². The maximum Gasteiger partial charge on any atom is 0.344 e. The molecule has 1 aromatic carbocycles. The minimum Gasteiger partial charge on any atom is -0.462 e. The molecule has 1 aromatic rings. The number of hydrogen-bond acceptors (Lipinski definition) is 3. The molecule has 0 aliphatic heterocycles. The van der Waals surface area contributed by atoms with Crippen molar-refractivity contribution < 1.29 is 18.3 Å². The van der Waals surface area contributed by atoms with Crippen LogP contribution in [0.4, 0.5) is 14.5 Å². The minimum atomic E-state index is -1.07. The van der Waals surface area contributed by atoms with E-state index in [1.165, 1.54) is 0 Å². The van der Waals surface area contributed by atoms with Crippen LogP contribution in [0.3, 0.4) is 0 Å². The van der Waals surface area contributed by atoms with Gasteiger partial charge in [0.05, 0.1) is 12.3 Å². The van der Waals surface area contributed by atoms with Gasteiger partial charge in [-0.15, -0.1) is 0 Å². The molecule has 0 unspecified atom stereocenters. The Labute approximate surface area is 105 Å². The van der Waals surface area contributed by atoms with Crippen LogP contribution in [-0.4, -0.2) is 12.6 Å². The van der Waals surface area contributed by atoms with E-state index in [4.69, 9.17) is 10.5 Å². The average Bonchev–Trinajstić information content (AvgIpc) is 2.22. The highest BCUT2D eigenvalue weighted by molar-refractivity contribution is 5.91. The predicted molar refractivity (Wildman–Crippen MR) is 65.1 cm³/mol. The van der Waals surface area contributed by atoms with Gasteiger partial charge in [0.1, 0.15) is 11.4 Å². The van der Waals surface area contributed by atoms with E-state index in [9.17, 15) is 13.6 Å². The Morgan fingerprint density at radius 1 is 1.33 bits per heavy atom. The molecule has 0 bridgehead atoms. The fourth-order valence-electron chi connectivity index (χ4n) is 1.28. The molecular weight excluding hydrogens is 240 g/mol. The fraction of sp³-hybridized carbons (Fsp3) is 0.462. The van der Waals surface area contributed by atoms with Gasteiger partial charge >= 0.3 is 5.97 Å². The lowest BCUT2D eigenvalue weighted by Crippen LogP contribution is -2.16. The highest BCUT2D eigenvalue weighted by Crippen LogP contribution is 2.21. The summed E-state index contributed by atoms with van der Waals surface area (Å²) in [7, 11) is 0. The zero-order valence-corrected chi connectivity index (χ0v) is 10.7. The molecule has 0 fully saturated rings. The molecule has 5 heteroatoms. The van der Waals surface area contributed by atoms with Gasteiger partial charge in [0.15, 0.2) is 5.82 Å². The lowest BCUT2D eigenvalue weighted by atomic mass is 9.93. The van der Waals surface area contributed by atoms with Gasteiger partial charge in [-0.1, -0.05) is 20.8 Å². The van der Waals surface area contributed by atoms with Crippen molar-refractivity contribution in [1.29, 1.82) is 0 Å². The van der Waals surface area contributed by atoms with Crippen LogP contribution in [-0.2, 0) is 4.74 Å². The molecule has 0 saturated heterocycles. The molecule has 18 heavy (non-hydrogen) atoms. The molecule has 0 spiro atoms. The standard InChI is InChI=1S/C13H17F2NO2/c1-13(2,3)6-7-18-12(17)10-8(14)4-5-9(16)11(10)15/h4-5H,6-7,16H2,1-3H3. The Bertz CT molecular complexity index is 453. The summed E-state index contributed by atoms with van der Waals surface area (Å²) in [5, 5.41) is 0. The number of rotatable bonds is 3. The largest absolute Gasteiger partial charge is 0.462 e. The van der Waals surface area contributed by atoms with Gasteiger partial charge in [0.25, 0.3) is 0 Å². The van der Waals surface area contributed by atoms with E-state index in [0.29, 0.717) is 6.42 Å². The van der Waals surface area contributed by atoms with Gasteiger partial charge in [0.2, 0.25) is 0 Å². The van der Waals surface area contributed by atoms with Gasteiger partial charge in [-0.05, 0) is 24.0 Å². The SMILES string of the molecule is CC(C)(C)CCOC(=O)c1c(F)ccc(N)c1F. The van der Waals surface area contributed by atoms with Gasteiger partial charge < -0.3 is 10.5 Å². The first-order valence-electron chi connectivity index (χ1n) is 5.63. The summed E-state index contributed by atoms with van der Waals surface area (Å²) in [5.74, 6) is -3.07. The Morgan fingerprint density at radius 3 is 2.50 bits per heavy atom. The Balaban J connectivity index is 2.76. The van der Waals surface area contributed by atoms with E-state index < -0.39 is 23.2 Å². The van der Waals surface area contributed by atoms with E-state index in [0.717, 1.165) is 12.1 Å². The lowest BCUT2D eigenvalue weighted by Gasteiger charge is -2.17. The summed E-state index contributed by atoms with van der Waals surface area (Å²) in [6.07, 6.45) is 0.601. The number of nitrogens with two attached hydrogens (primary N) is 1. The predicted octanol–water partition coefficient (Wildman–Crippen LogP) is 3.14. The quantitative estimate of drug-likeness (QED) is 0.668. The highest BCUT2D eigenvalue weighted by atomic mass is 19.1. The first-order chi connectivity index (χ1) is 8.22. The van der Waals surface area contributed by atoms with Crippen molar-refractivity contribution in [3.63, 3.8) is 0 Å². The molecule has 0 heterocycles. The zero-order chi connectivity index (χ0) is 13.9. The van der Waals surface area contributed by atoms with Crippen molar-refractivity contribution >= 4 is 11.7 Å². The number of esters is 1. The van der Waals surface area contributed by atoms with Gasteiger partial charge in [-0.3, -0.25) is 0 Å². The van der Waals surface area contributed by atoms with Crippen molar-refractivity contribution in [1.82, 2.24) is 0 Å². The monoisotopic (exact) mass is 257 g/mol. The van der Waals surface area contributed by atoms with Gasteiger partial charge in [-0.25, -0.2) is 13.6 Å². The van der Waals surface area contributed by atoms with Crippen LogP contribution in [0.25, 0.3) is 0 Å². The van der Waals surface area contributed by atoms with Crippen LogP contribution < -0.4 is 5.73 Å². The summed E-state index contributed by atoms with van der Waals surface area (Å²) in [6, 6.07) is 2.01. The molecule has 2 N–H and O–H groups in total. The third-order valence-electron chi connectivity index (χ3n) is 2.41. The van der Waals surface area contributed by atoms with E-state index >= 15 is 0 Å². The van der Waals surface area contributed by atoms with E-state index in [1.54, 1.807) is 0 Å². The molecule has 0 aromatic heterocycles. The Hall–Kier alpha value is -1.65. The smallest absolute Gasteiger partial charge is 0.344 e. The topological polar surface area (TPSA) is 52.3 Å². The van der Waals surface area contributed by atoms with Gasteiger partial charge in [-0.2, -0.15) is 0 Å². The number of nitrogen functional groups attached to an aromatic ring is 1. The summed E-state index contributed by atoms with van der Waals surface area (Å²) < 4.78 is 31.7. The molecule has 100 valence electrons. The number of anilines is 1. The van der Waals surface area contributed by atoms with E-state index in [1.807, 2.05) is 20.8 Å². The number of carbonyl (C=O) groups excluding carboxylic acids is 1. The number of halogens is 2. The molecule has 0 aliphatic carbocycles. The number of ether oxygens (including phenoxy) is 1. The molecular formula is C13H17F2NO2. The Morgan fingerprint density at radius 2 is 1.94 bits per heavy atom. The zero-order valence-electron chi connectivity index (χ0n) is 10.7. The van der Waals surface area contributed by atoms with Crippen LogP contribution in [0.15, 0.2) is 12.1 Å². The van der Waals surface area contributed by atoms with Crippen LogP contribution >= 0.6 is 0 Å².